The van der Waals surface area contributed by atoms with Crippen LogP contribution in [0.1, 0.15) is 17.3 Å². The molecule has 134 valence electrons. The second kappa shape index (κ2) is 7.25. The smallest absolute Gasteiger partial charge is 0.255 e. The van der Waals surface area contributed by atoms with Gasteiger partial charge in [0.1, 0.15) is 11.5 Å². The molecule has 0 fully saturated rings. The summed E-state index contributed by atoms with van der Waals surface area (Å²) in [5, 5.41) is 5.99. The SMILES string of the molecule is CCNC(=O)c1cccnc1Nc1nc(-c2ccccc2)cc2nccn12. The summed E-state index contributed by atoms with van der Waals surface area (Å²) < 4.78 is 1.82. The summed E-state index contributed by atoms with van der Waals surface area (Å²) in [6.45, 7) is 2.42. The van der Waals surface area contributed by atoms with Gasteiger partial charge in [0.2, 0.25) is 5.95 Å². The lowest BCUT2D eigenvalue weighted by atomic mass is 10.1. The van der Waals surface area contributed by atoms with Crippen LogP contribution in [0, 0.1) is 0 Å². The number of hydrogen-bond donors (Lipinski definition) is 2. The fourth-order valence-corrected chi connectivity index (χ4v) is 2.82. The van der Waals surface area contributed by atoms with Gasteiger partial charge in [0, 0.05) is 36.8 Å². The average molecular weight is 358 g/mol. The second-order valence-electron chi connectivity index (χ2n) is 5.87. The zero-order valence-corrected chi connectivity index (χ0v) is 14.8. The summed E-state index contributed by atoms with van der Waals surface area (Å²) in [5.41, 5.74) is 2.98. The van der Waals surface area contributed by atoms with Gasteiger partial charge >= 0.3 is 0 Å². The highest BCUT2D eigenvalue weighted by molar-refractivity contribution is 5.99. The highest BCUT2D eigenvalue weighted by Crippen LogP contribution is 2.24. The summed E-state index contributed by atoms with van der Waals surface area (Å²) in [4.78, 5) is 25.8. The number of hydrogen-bond acceptors (Lipinski definition) is 5. The first-order valence-electron chi connectivity index (χ1n) is 8.66. The molecule has 0 aliphatic rings. The zero-order chi connectivity index (χ0) is 18.6. The van der Waals surface area contributed by atoms with Crippen LogP contribution in [0.15, 0.2) is 67.1 Å². The summed E-state index contributed by atoms with van der Waals surface area (Å²) in [7, 11) is 0. The van der Waals surface area contributed by atoms with Gasteiger partial charge in [-0.15, -0.1) is 0 Å². The molecule has 7 nitrogen and oxygen atoms in total. The minimum atomic E-state index is -0.186. The van der Waals surface area contributed by atoms with Crippen molar-refractivity contribution in [2.75, 3.05) is 11.9 Å². The van der Waals surface area contributed by atoms with Crippen molar-refractivity contribution in [2.45, 2.75) is 6.92 Å². The number of carbonyl (C=O) groups excluding carboxylic acids is 1. The first-order valence-corrected chi connectivity index (χ1v) is 8.66. The highest BCUT2D eigenvalue weighted by atomic mass is 16.1. The van der Waals surface area contributed by atoms with Crippen LogP contribution in [0.3, 0.4) is 0 Å². The van der Waals surface area contributed by atoms with Crippen molar-refractivity contribution < 1.29 is 4.79 Å². The van der Waals surface area contributed by atoms with E-state index in [0.717, 1.165) is 16.9 Å². The van der Waals surface area contributed by atoms with Crippen molar-refractivity contribution in [3.63, 3.8) is 0 Å². The molecule has 0 saturated carbocycles. The molecule has 0 aliphatic heterocycles. The molecule has 3 aromatic heterocycles. The first-order chi connectivity index (χ1) is 13.3. The Balaban J connectivity index is 1.79. The van der Waals surface area contributed by atoms with Crippen molar-refractivity contribution in [1.29, 1.82) is 0 Å². The zero-order valence-electron chi connectivity index (χ0n) is 14.8. The van der Waals surface area contributed by atoms with Crippen LogP contribution in [0.2, 0.25) is 0 Å². The lowest BCUT2D eigenvalue weighted by molar-refractivity contribution is 0.0956. The molecule has 0 unspecified atom stereocenters. The summed E-state index contributed by atoms with van der Waals surface area (Å²) >= 11 is 0. The van der Waals surface area contributed by atoms with Gasteiger partial charge in [-0.05, 0) is 19.1 Å². The Morgan fingerprint density at radius 3 is 2.74 bits per heavy atom. The van der Waals surface area contributed by atoms with E-state index in [1.807, 2.05) is 53.9 Å². The molecule has 3 heterocycles. The molecular weight excluding hydrogens is 340 g/mol. The van der Waals surface area contributed by atoms with Gasteiger partial charge in [-0.3, -0.25) is 9.20 Å². The number of benzene rings is 1. The number of rotatable bonds is 5. The van der Waals surface area contributed by atoms with Crippen LogP contribution in [0.5, 0.6) is 0 Å². The normalized spacial score (nSPS) is 10.7. The van der Waals surface area contributed by atoms with Crippen molar-refractivity contribution in [3.05, 3.63) is 72.7 Å². The van der Waals surface area contributed by atoms with Gasteiger partial charge in [0.15, 0.2) is 0 Å². The van der Waals surface area contributed by atoms with Crippen molar-refractivity contribution in [2.24, 2.45) is 0 Å². The molecule has 1 aromatic carbocycles. The van der Waals surface area contributed by atoms with E-state index in [9.17, 15) is 4.79 Å². The van der Waals surface area contributed by atoms with E-state index in [0.29, 0.717) is 23.9 Å². The maximum Gasteiger partial charge on any atom is 0.255 e. The fraction of sp³-hybridized carbons (Fsp3) is 0.100. The molecule has 0 bridgehead atoms. The lowest BCUT2D eigenvalue weighted by Crippen LogP contribution is -2.24. The highest BCUT2D eigenvalue weighted by Gasteiger charge is 2.14. The van der Waals surface area contributed by atoms with E-state index in [1.54, 1.807) is 24.5 Å². The molecule has 2 N–H and O–H groups in total. The third-order valence-electron chi connectivity index (χ3n) is 4.08. The Morgan fingerprint density at radius 2 is 1.93 bits per heavy atom. The maximum absolute atomic E-state index is 12.3. The minimum absolute atomic E-state index is 0.186. The van der Waals surface area contributed by atoms with E-state index >= 15 is 0 Å². The van der Waals surface area contributed by atoms with Gasteiger partial charge in [-0.25, -0.2) is 15.0 Å². The van der Waals surface area contributed by atoms with E-state index < -0.39 is 0 Å². The molecule has 7 heteroatoms. The van der Waals surface area contributed by atoms with E-state index in [1.165, 1.54) is 0 Å². The average Bonchev–Trinajstić information content (AvgIpc) is 3.18. The van der Waals surface area contributed by atoms with Gasteiger partial charge in [-0.2, -0.15) is 0 Å². The van der Waals surface area contributed by atoms with Crippen LogP contribution in [-0.4, -0.2) is 31.8 Å². The van der Waals surface area contributed by atoms with E-state index in [2.05, 4.69) is 20.6 Å². The van der Waals surface area contributed by atoms with E-state index in [4.69, 9.17) is 4.98 Å². The number of pyridine rings is 1. The summed E-state index contributed by atoms with van der Waals surface area (Å²) in [6, 6.07) is 15.3. The van der Waals surface area contributed by atoms with Gasteiger partial charge in [0.05, 0.1) is 11.3 Å². The van der Waals surface area contributed by atoms with Crippen molar-refractivity contribution in [3.8, 4) is 11.3 Å². The van der Waals surface area contributed by atoms with Gasteiger partial charge in [0.25, 0.3) is 5.91 Å². The molecule has 27 heavy (non-hydrogen) atoms. The topological polar surface area (TPSA) is 84.2 Å². The predicted octanol–water partition coefficient (Wildman–Crippen LogP) is 3.28. The van der Waals surface area contributed by atoms with Crippen LogP contribution in [-0.2, 0) is 0 Å². The molecule has 0 atom stereocenters. The predicted molar refractivity (Wildman–Crippen MR) is 104 cm³/mol. The third kappa shape index (κ3) is 3.35. The Kier molecular flexibility index (Phi) is 4.49. The van der Waals surface area contributed by atoms with Crippen molar-refractivity contribution in [1.82, 2.24) is 24.7 Å². The number of nitrogens with one attached hydrogen (secondary N) is 2. The second-order valence-corrected chi connectivity index (χ2v) is 5.87. The molecule has 0 spiro atoms. The largest absolute Gasteiger partial charge is 0.352 e. The standard InChI is InChI=1S/C20H18N6O/c1-2-21-19(27)15-9-6-10-23-18(15)25-20-24-16(14-7-4-3-5-8-14)13-17-22-11-12-26(17)20/h3-13H,2H2,1H3,(H,21,27)(H,23,24,25). The molecule has 4 rings (SSSR count). The number of anilines is 2. The molecular formula is C20H18N6O. The van der Waals surface area contributed by atoms with Crippen LogP contribution in [0.25, 0.3) is 16.9 Å². The lowest BCUT2D eigenvalue weighted by Gasteiger charge is -2.12. The Bertz CT molecular complexity index is 1090. The van der Waals surface area contributed by atoms with Crippen LogP contribution < -0.4 is 10.6 Å². The molecule has 0 aliphatic carbocycles. The molecule has 1 amide bonds. The molecule has 0 radical (unpaired) electrons. The Labute approximate surface area is 156 Å². The summed E-state index contributed by atoms with van der Waals surface area (Å²) in [6.07, 6.45) is 5.16. The fourth-order valence-electron chi connectivity index (χ4n) is 2.82. The monoisotopic (exact) mass is 358 g/mol. The Hall–Kier alpha value is -3.74. The minimum Gasteiger partial charge on any atom is -0.352 e. The number of aromatic nitrogens is 4. The number of carbonyl (C=O) groups is 1. The van der Waals surface area contributed by atoms with Crippen molar-refractivity contribution >= 4 is 23.3 Å². The number of nitrogens with zero attached hydrogens (tertiary/aromatic N) is 4. The molecule has 0 saturated heterocycles. The van der Waals surface area contributed by atoms with Crippen LogP contribution in [0.4, 0.5) is 11.8 Å². The third-order valence-corrected chi connectivity index (χ3v) is 4.08. The number of fused-ring (bicyclic) bond motifs is 1. The Morgan fingerprint density at radius 1 is 1.07 bits per heavy atom. The van der Waals surface area contributed by atoms with Gasteiger partial charge < -0.3 is 10.6 Å². The number of imidazole rings is 1. The van der Waals surface area contributed by atoms with E-state index in [-0.39, 0.29) is 5.91 Å². The first kappa shape index (κ1) is 16.7. The maximum atomic E-state index is 12.3. The van der Waals surface area contributed by atoms with Gasteiger partial charge in [-0.1, -0.05) is 30.3 Å². The molecule has 4 aromatic rings. The quantitative estimate of drug-likeness (QED) is 0.572. The summed E-state index contributed by atoms with van der Waals surface area (Å²) in [5.74, 6) is 0.790. The van der Waals surface area contributed by atoms with Crippen LogP contribution >= 0.6 is 0 Å². The number of amides is 1.